The van der Waals surface area contributed by atoms with Crippen molar-refractivity contribution in [3.63, 3.8) is 0 Å². The summed E-state index contributed by atoms with van der Waals surface area (Å²) in [6.07, 6.45) is -0.0672. The fourth-order valence-corrected chi connectivity index (χ4v) is 3.66. The molecule has 2 heterocycles. The molecule has 3 aromatic rings. The van der Waals surface area contributed by atoms with Crippen LogP contribution in [0.2, 0.25) is 0 Å². The molecule has 1 unspecified atom stereocenters. The fraction of sp³-hybridized carbons (Fsp3) is 0.333. The Morgan fingerprint density at radius 3 is 2.71 bits per heavy atom. The number of aromatic amines is 2. The van der Waals surface area contributed by atoms with E-state index in [0.717, 1.165) is 28.6 Å². The van der Waals surface area contributed by atoms with E-state index in [-0.39, 0.29) is 11.7 Å². The van der Waals surface area contributed by atoms with Crippen molar-refractivity contribution in [2.75, 3.05) is 26.8 Å². The number of nitrogens with zero attached hydrogens (tertiary/aromatic N) is 1. The zero-order valence-corrected chi connectivity index (χ0v) is 16.0. The van der Waals surface area contributed by atoms with Gasteiger partial charge in [-0.25, -0.2) is 4.79 Å². The van der Waals surface area contributed by atoms with Gasteiger partial charge in [0.2, 0.25) is 0 Å². The molecule has 0 radical (unpaired) electrons. The van der Waals surface area contributed by atoms with Crippen LogP contribution >= 0.6 is 0 Å². The Hall–Kier alpha value is -2.90. The molecule has 1 aromatic heterocycles. The van der Waals surface area contributed by atoms with E-state index in [1.807, 2.05) is 18.2 Å². The first kappa shape index (κ1) is 18.5. The smallest absolute Gasteiger partial charge is 0.325 e. The Morgan fingerprint density at radius 1 is 1.14 bits per heavy atom. The molecule has 2 aromatic carbocycles. The fourth-order valence-electron chi connectivity index (χ4n) is 3.66. The number of aryl methyl sites for hydroxylation is 1. The van der Waals surface area contributed by atoms with Crippen molar-refractivity contribution in [3.05, 3.63) is 74.1 Å². The predicted octanol–water partition coefficient (Wildman–Crippen LogP) is 2.11. The molecule has 1 fully saturated rings. The van der Waals surface area contributed by atoms with Gasteiger partial charge in [0, 0.05) is 25.3 Å². The van der Waals surface area contributed by atoms with Crippen LogP contribution in [0.3, 0.4) is 0 Å². The number of morpholine rings is 1. The molecule has 0 amide bonds. The largest absolute Gasteiger partial charge is 0.497 e. The highest BCUT2D eigenvalue weighted by Gasteiger charge is 2.23. The summed E-state index contributed by atoms with van der Waals surface area (Å²) < 4.78 is 11.3. The van der Waals surface area contributed by atoms with Crippen molar-refractivity contribution in [2.45, 2.75) is 19.6 Å². The molecule has 2 N–H and O–H groups in total. The van der Waals surface area contributed by atoms with E-state index in [4.69, 9.17) is 9.47 Å². The summed E-state index contributed by atoms with van der Waals surface area (Å²) in [5, 5.41) is 2.25. The molecule has 1 aliphatic heterocycles. The van der Waals surface area contributed by atoms with E-state index in [1.54, 1.807) is 14.0 Å². The van der Waals surface area contributed by atoms with E-state index < -0.39 is 5.69 Å². The second kappa shape index (κ2) is 7.61. The molecule has 4 rings (SSSR count). The van der Waals surface area contributed by atoms with Crippen molar-refractivity contribution >= 4 is 10.8 Å². The lowest BCUT2D eigenvalue weighted by Gasteiger charge is -2.33. The first-order valence-electron chi connectivity index (χ1n) is 9.27. The first-order valence-corrected chi connectivity index (χ1v) is 9.27. The predicted molar refractivity (Wildman–Crippen MR) is 107 cm³/mol. The van der Waals surface area contributed by atoms with Crippen LogP contribution in [0.15, 0.2) is 46.0 Å². The Kier molecular flexibility index (Phi) is 5.02. The third-order valence-corrected chi connectivity index (χ3v) is 5.23. The second-order valence-corrected chi connectivity index (χ2v) is 7.08. The van der Waals surface area contributed by atoms with Crippen LogP contribution in [-0.2, 0) is 11.3 Å². The van der Waals surface area contributed by atoms with Gasteiger partial charge in [-0.2, -0.15) is 0 Å². The average molecular weight is 381 g/mol. The number of H-pyrrole nitrogens is 2. The number of hydrogen-bond acceptors (Lipinski definition) is 5. The SMILES string of the molecule is COc1ccc2cc(C3CN(Cc4c(C)[nH]c(=O)[nH]c4=O)CCO3)ccc2c1. The van der Waals surface area contributed by atoms with Gasteiger partial charge in [0.25, 0.3) is 5.56 Å². The summed E-state index contributed by atoms with van der Waals surface area (Å²) in [4.78, 5) is 30.7. The van der Waals surface area contributed by atoms with Gasteiger partial charge >= 0.3 is 5.69 Å². The number of rotatable bonds is 4. The summed E-state index contributed by atoms with van der Waals surface area (Å²) in [5.74, 6) is 0.835. The molecule has 1 aliphatic rings. The Bertz CT molecular complexity index is 1120. The van der Waals surface area contributed by atoms with Gasteiger partial charge in [0.1, 0.15) is 5.75 Å². The normalized spacial score (nSPS) is 17.7. The van der Waals surface area contributed by atoms with Gasteiger partial charge in [-0.05, 0) is 41.5 Å². The molecule has 0 saturated carbocycles. The molecule has 28 heavy (non-hydrogen) atoms. The van der Waals surface area contributed by atoms with Gasteiger partial charge in [0.15, 0.2) is 0 Å². The maximum Gasteiger partial charge on any atom is 0.325 e. The first-order chi connectivity index (χ1) is 13.5. The summed E-state index contributed by atoms with van der Waals surface area (Å²) in [6, 6.07) is 12.3. The van der Waals surface area contributed by atoms with Crippen molar-refractivity contribution in [2.24, 2.45) is 0 Å². The average Bonchev–Trinajstić information content (AvgIpc) is 2.70. The van der Waals surface area contributed by atoms with Crippen LogP contribution in [0.5, 0.6) is 5.75 Å². The summed E-state index contributed by atoms with van der Waals surface area (Å²) >= 11 is 0. The van der Waals surface area contributed by atoms with Crippen molar-refractivity contribution < 1.29 is 9.47 Å². The molecule has 7 nitrogen and oxygen atoms in total. The quantitative estimate of drug-likeness (QED) is 0.723. The summed E-state index contributed by atoms with van der Waals surface area (Å²) in [7, 11) is 1.66. The minimum Gasteiger partial charge on any atom is -0.497 e. The number of nitrogens with one attached hydrogen (secondary N) is 2. The van der Waals surface area contributed by atoms with Crippen LogP contribution in [-0.4, -0.2) is 41.7 Å². The number of methoxy groups -OCH3 is 1. The van der Waals surface area contributed by atoms with Gasteiger partial charge < -0.3 is 14.5 Å². The standard InChI is InChI=1S/C21H23N3O4/c1-13-18(20(25)23-21(26)22-13)11-24-7-8-28-19(12-24)16-4-3-15-10-17(27-2)6-5-14(15)9-16/h3-6,9-10,19H,7-8,11-12H2,1-2H3,(H2,22,23,25,26). The number of aromatic nitrogens is 2. The topological polar surface area (TPSA) is 87.4 Å². The minimum atomic E-state index is -0.473. The van der Waals surface area contributed by atoms with Crippen LogP contribution in [0.4, 0.5) is 0 Å². The lowest BCUT2D eigenvalue weighted by molar-refractivity contribution is -0.0330. The van der Waals surface area contributed by atoms with Crippen molar-refractivity contribution in [1.29, 1.82) is 0 Å². The van der Waals surface area contributed by atoms with Gasteiger partial charge in [0.05, 0.1) is 25.4 Å². The van der Waals surface area contributed by atoms with Crippen LogP contribution < -0.4 is 16.0 Å². The lowest BCUT2D eigenvalue weighted by atomic mass is 10.0. The second-order valence-electron chi connectivity index (χ2n) is 7.08. The van der Waals surface area contributed by atoms with Gasteiger partial charge in [-0.3, -0.25) is 14.7 Å². The van der Waals surface area contributed by atoms with Crippen LogP contribution in [0, 0.1) is 6.92 Å². The number of benzene rings is 2. The highest BCUT2D eigenvalue weighted by molar-refractivity contribution is 5.84. The van der Waals surface area contributed by atoms with Crippen LogP contribution in [0.1, 0.15) is 22.9 Å². The number of hydrogen-bond donors (Lipinski definition) is 2. The molecule has 146 valence electrons. The molecule has 1 atom stereocenters. The van der Waals surface area contributed by atoms with E-state index in [1.165, 1.54) is 0 Å². The molecule has 0 spiro atoms. The minimum absolute atomic E-state index is 0.0672. The Labute approximate surface area is 161 Å². The Balaban J connectivity index is 1.55. The number of fused-ring (bicyclic) bond motifs is 1. The van der Waals surface area contributed by atoms with E-state index in [2.05, 4.69) is 33.1 Å². The third kappa shape index (κ3) is 3.72. The number of ether oxygens (including phenoxy) is 2. The van der Waals surface area contributed by atoms with Gasteiger partial charge in [-0.1, -0.05) is 18.2 Å². The molecule has 0 aliphatic carbocycles. The third-order valence-electron chi connectivity index (χ3n) is 5.23. The van der Waals surface area contributed by atoms with Crippen molar-refractivity contribution in [1.82, 2.24) is 14.9 Å². The molecular formula is C21H23N3O4. The van der Waals surface area contributed by atoms with Crippen LogP contribution in [0.25, 0.3) is 10.8 Å². The van der Waals surface area contributed by atoms with E-state index >= 15 is 0 Å². The molecule has 0 bridgehead atoms. The van der Waals surface area contributed by atoms with E-state index in [0.29, 0.717) is 31.0 Å². The van der Waals surface area contributed by atoms with Gasteiger partial charge in [-0.15, -0.1) is 0 Å². The van der Waals surface area contributed by atoms with Crippen molar-refractivity contribution in [3.8, 4) is 5.75 Å². The highest BCUT2D eigenvalue weighted by Crippen LogP contribution is 2.28. The summed E-state index contributed by atoms with van der Waals surface area (Å²) in [5.41, 5.74) is 1.50. The summed E-state index contributed by atoms with van der Waals surface area (Å²) in [6.45, 7) is 4.23. The molecule has 7 heteroatoms. The molecule has 1 saturated heterocycles. The Morgan fingerprint density at radius 2 is 1.93 bits per heavy atom. The highest BCUT2D eigenvalue weighted by atomic mass is 16.5. The van der Waals surface area contributed by atoms with E-state index in [9.17, 15) is 9.59 Å². The molecular weight excluding hydrogens is 358 g/mol. The monoisotopic (exact) mass is 381 g/mol. The lowest BCUT2D eigenvalue weighted by Crippen LogP contribution is -2.40. The maximum atomic E-state index is 12.1. The zero-order valence-electron chi connectivity index (χ0n) is 16.0. The zero-order chi connectivity index (χ0) is 19.7. The maximum absolute atomic E-state index is 12.1.